The van der Waals surface area contributed by atoms with Gasteiger partial charge in [0.1, 0.15) is 0 Å². The Morgan fingerprint density at radius 2 is 1.88 bits per heavy atom. The van der Waals surface area contributed by atoms with E-state index in [0.717, 1.165) is 32.2 Å². The molecule has 3 unspecified atom stereocenters. The zero-order valence-corrected chi connectivity index (χ0v) is 14.9. The van der Waals surface area contributed by atoms with Gasteiger partial charge >= 0.3 is 0 Å². The summed E-state index contributed by atoms with van der Waals surface area (Å²) in [7, 11) is 0. The molecule has 136 valence electrons. The summed E-state index contributed by atoms with van der Waals surface area (Å²) in [6, 6.07) is 9.43. The quantitative estimate of drug-likeness (QED) is 0.912. The summed E-state index contributed by atoms with van der Waals surface area (Å²) >= 11 is 0. The first-order valence-corrected chi connectivity index (χ1v) is 9.39. The highest BCUT2D eigenvalue weighted by molar-refractivity contribution is 5.94. The Morgan fingerprint density at radius 1 is 1.16 bits per heavy atom. The van der Waals surface area contributed by atoms with Crippen molar-refractivity contribution in [2.75, 3.05) is 19.6 Å². The van der Waals surface area contributed by atoms with Crippen LogP contribution in [-0.2, 0) is 4.79 Å². The molecule has 1 aromatic rings. The highest BCUT2D eigenvalue weighted by atomic mass is 16.3. The van der Waals surface area contributed by atoms with Crippen LogP contribution in [0.3, 0.4) is 0 Å². The van der Waals surface area contributed by atoms with Crippen LogP contribution in [0.4, 0.5) is 0 Å². The second-order valence-electron chi connectivity index (χ2n) is 7.37. The molecule has 25 heavy (non-hydrogen) atoms. The monoisotopic (exact) mass is 344 g/mol. The number of hydrogen-bond acceptors (Lipinski definition) is 3. The van der Waals surface area contributed by atoms with Crippen LogP contribution in [0.1, 0.15) is 49.4 Å². The van der Waals surface area contributed by atoms with Gasteiger partial charge < -0.3 is 14.9 Å². The molecule has 2 aliphatic rings. The normalized spacial score (nSPS) is 25.0. The Labute approximate surface area is 149 Å². The summed E-state index contributed by atoms with van der Waals surface area (Å²) < 4.78 is 0. The van der Waals surface area contributed by atoms with Gasteiger partial charge in [0.2, 0.25) is 5.91 Å². The SMILES string of the molecule is CC(O)CC1CCCN1C(=O)C1CCCN(C(=O)c2ccccc2)C1. The van der Waals surface area contributed by atoms with Gasteiger partial charge in [-0.05, 0) is 51.2 Å². The van der Waals surface area contributed by atoms with Gasteiger partial charge in [0, 0.05) is 31.2 Å². The van der Waals surface area contributed by atoms with Crippen LogP contribution in [0.2, 0.25) is 0 Å². The molecule has 3 atom stereocenters. The maximum atomic E-state index is 13.0. The van der Waals surface area contributed by atoms with E-state index in [9.17, 15) is 14.7 Å². The van der Waals surface area contributed by atoms with Crippen molar-refractivity contribution in [2.24, 2.45) is 5.92 Å². The van der Waals surface area contributed by atoms with Crippen LogP contribution in [0.5, 0.6) is 0 Å². The number of aliphatic hydroxyl groups is 1. The summed E-state index contributed by atoms with van der Waals surface area (Å²) in [6.07, 6.45) is 3.93. The third-order valence-corrected chi connectivity index (χ3v) is 5.35. The zero-order valence-electron chi connectivity index (χ0n) is 14.9. The number of likely N-dealkylation sites (tertiary alicyclic amines) is 2. The highest BCUT2D eigenvalue weighted by Gasteiger charge is 2.36. The molecule has 1 N–H and O–H groups in total. The minimum Gasteiger partial charge on any atom is -0.393 e. The molecule has 2 aliphatic heterocycles. The summed E-state index contributed by atoms with van der Waals surface area (Å²) in [4.78, 5) is 29.4. The number of amides is 2. The van der Waals surface area contributed by atoms with E-state index >= 15 is 0 Å². The van der Waals surface area contributed by atoms with E-state index in [4.69, 9.17) is 0 Å². The molecule has 5 nitrogen and oxygen atoms in total. The largest absolute Gasteiger partial charge is 0.393 e. The molecular weight excluding hydrogens is 316 g/mol. The summed E-state index contributed by atoms with van der Waals surface area (Å²) in [5.74, 6) is 0.0600. The first kappa shape index (κ1) is 17.9. The van der Waals surface area contributed by atoms with Crippen LogP contribution in [-0.4, -0.2) is 58.5 Å². The van der Waals surface area contributed by atoms with Crippen molar-refractivity contribution in [3.63, 3.8) is 0 Å². The van der Waals surface area contributed by atoms with Crippen molar-refractivity contribution in [3.05, 3.63) is 35.9 Å². The average molecular weight is 344 g/mol. The molecule has 0 aliphatic carbocycles. The minimum atomic E-state index is -0.388. The Balaban J connectivity index is 1.64. The number of aliphatic hydroxyl groups excluding tert-OH is 1. The second kappa shape index (κ2) is 8.00. The molecule has 0 bridgehead atoms. The number of piperidine rings is 1. The van der Waals surface area contributed by atoms with Gasteiger partial charge in [-0.25, -0.2) is 0 Å². The number of hydrogen-bond donors (Lipinski definition) is 1. The number of nitrogens with zero attached hydrogens (tertiary/aromatic N) is 2. The molecule has 2 fully saturated rings. The van der Waals surface area contributed by atoms with Gasteiger partial charge in [0.15, 0.2) is 0 Å². The third kappa shape index (κ3) is 4.21. The molecule has 0 radical (unpaired) electrons. The van der Waals surface area contributed by atoms with Crippen LogP contribution in [0, 0.1) is 5.92 Å². The molecule has 0 saturated carbocycles. The van der Waals surface area contributed by atoms with E-state index in [1.165, 1.54) is 0 Å². The maximum absolute atomic E-state index is 13.0. The van der Waals surface area contributed by atoms with E-state index in [-0.39, 0.29) is 29.9 Å². The zero-order chi connectivity index (χ0) is 17.8. The van der Waals surface area contributed by atoms with E-state index in [2.05, 4.69) is 0 Å². The summed E-state index contributed by atoms with van der Waals surface area (Å²) in [5, 5.41) is 9.67. The Kier molecular flexibility index (Phi) is 5.74. The summed E-state index contributed by atoms with van der Waals surface area (Å²) in [6.45, 7) is 3.78. The van der Waals surface area contributed by atoms with Crippen molar-refractivity contribution < 1.29 is 14.7 Å². The lowest BCUT2D eigenvalue weighted by Gasteiger charge is -2.36. The topological polar surface area (TPSA) is 60.9 Å². The van der Waals surface area contributed by atoms with Gasteiger partial charge in [-0.2, -0.15) is 0 Å². The lowest BCUT2D eigenvalue weighted by molar-refractivity contribution is -0.138. The lowest BCUT2D eigenvalue weighted by atomic mass is 9.95. The van der Waals surface area contributed by atoms with Gasteiger partial charge in [-0.15, -0.1) is 0 Å². The van der Waals surface area contributed by atoms with Crippen LogP contribution in [0.25, 0.3) is 0 Å². The minimum absolute atomic E-state index is 0.0139. The lowest BCUT2D eigenvalue weighted by Crippen LogP contribution is -2.48. The molecule has 0 spiro atoms. The fraction of sp³-hybridized carbons (Fsp3) is 0.600. The van der Waals surface area contributed by atoms with Crippen LogP contribution in [0.15, 0.2) is 30.3 Å². The number of benzene rings is 1. The number of carbonyl (C=O) groups is 2. The third-order valence-electron chi connectivity index (χ3n) is 5.35. The first-order valence-electron chi connectivity index (χ1n) is 9.39. The second-order valence-corrected chi connectivity index (χ2v) is 7.37. The van der Waals surface area contributed by atoms with Crippen LogP contribution >= 0.6 is 0 Å². The molecule has 2 heterocycles. The van der Waals surface area contributed by atoms with E-state index in [1.54, 1.807) is 6.92 Å². The van der Waals surface area contributed by atoms with Crippen molar-refractivity contribution in [1.29, 1.82) is 0 Å². The van der Waals surface area contributed by atoms with E-state index in [1.807, 2.05) is 40.1 Å². The Bertz CT molecular complexity index is 602. The molecule has 3 rings (SSSR count). The van der Waals surface area contributed by atoms with Crippen molar-refractivity contribution in [1.82, 2.24) is 9.80 Å². The highest BCUT2D eigenvalue weighted by Crippen LogP contribution is 2.27. The average Bonchev–Trinajstić information content (AvgIpc) is 3.08. The molecular formula is C20H28N2O3. The first-order chi connectivity index (χ1) is 12.1. The molecule has 1 aromatic carbocycles. The van der Waals surface area contributed by atoms with Gasteiger partial charge in [-0.1, -0.05) is 18.2 Å². The van der Waals surface area contributed by atoms with Crippen molar-refractivity contribution in [3.8, 4) is 0 Å². The Morgan fingerprint density at radius 3 is 2.60 bits per heavy atom. The molecule has 2 amide bonds. The summed E-state index contributed by atoms with van der Waals surface area (Å²) in [5.41, 5.74) is 0.684. The molecule has 0 aromatic heterocycles. The number of rotatable bonds is 4. The fourth-order valence-electron chi connectivity index (χ4n) is 4.13. The maximum Gasteiger partial charge on any atom is 0.253 e. The molecule has 2 saturated heterocycles. The predicted octanol–water partition coefficient (Wildman–Crippen LogP) is 2.30. The van der Waals surface area contributed by atoms with Gasteiger partial charge in [0.25, 0.3) is 5.91 Å². The van der Waals surface area contributed by atoms with Gasteiger partial charge in [-0.3, -0.25) is 9.59 Å². The Hall–Kier alpha value is -1.88. The standard InChI is InChI=1S/C20H28N2O3/c1-15(23)13-18-10-6-12-22(18)20(25)17-9-5-11-21(14-17)19(24)16-7-3-2-4-8-16/h2-4,7-8,15,17-18,23H,5-6,9-14H2,1H3. The fourth-order valence-corrected chi connectivity index (χ4v) is 4.13. The molecule has 5 heteroatoms. The van der Waals surface area contributed by atoms with Gasteiger partial charge in [0.05, 0.1) is 12.0 Å². The van der Waals surface area contributed by atoms with Crippen molar-refractivity contribution >= 4 is 11.8 Å². The van der Waals surface area contributed by atoms with Crippen LogP contribution < -0.4 is 0 Å². The number of carbonyl (C=O) groups excluding carboxylic acids is 2. The van der Waals surface area contributed by atoms with Crippen molar-refractivity contribution in [2.45, 2.75) is 51.2 Å². The smallest absolute Gasteiger partial charge is 0.253 e. The predicted molar refractivity (Wildman–Crippen MR) is 96.1 cm³/mol. The van der Waals surface area contributed by atoms with E-state index in [0.29, 0.717) is 25.1 Å². The van der Waals surface area contributed by atoms with E-state index < -0.39 is 0 Å².